The van der Waals surface area contributed by atoms with E-state index in [-0.39, 0.29) is 23.5 Å². The first-order chi connectivity index (χ1) is 16.8. The van der Waals surface area contributed by atoms with E-state index in [1.54, 1.807) is 32.4 Å². The van der Waals surface area contributed by atoms with Crippen molar-refractivity contribution < 1.29 is 27.4 Å². The van der Waals surface area contributed by atoms with E-state index >= 15 is 0 Å². The summed E-state index contributed by atoms with van der Waals surface area (Å²) in [5.74, 6) is 1.28. The number of ether oxygens (including phenoxy) is 3. The van der Waals surface area contributed by atoms with Crippen molar-refractivity contribution in [3.8, 4) is 17.2 Å². The Hall–Kier alpha value is -3.72. The molecule has 1 amide bonds. The predicted molar refractivity (Wildman–Crippen MR) is 133 cm³/mol. The lowest BCUT2D eigenvalue weighted by molar-refractivity contribution is -0.123. The first-order valence-electron chi connectivity index (χ1n) is 11.2. The van der Waals surface area contributed by atoms with Gasteiger partial charge in [0.2, 0.25) is 0 Å². The van der Waals surface area contributed by atoms with Gasteiger partial charge in [0.1, 0.15) is 5.75 Å². The molecule has 0 radical (unpaired) electrons. The fraction of sp³-hybridized carbons (Fsp3) is 0.269. The third-order valence-corrected chi connectivity index (χ3v) is 7.74. The molecular weight excluding hydrogens is 468 g/mol. The zero-order valence-electron chi connectivity index (χ0n) is 19.9. The number of carbonyl (C=O) groups is 1. The molecule has 1 atom stereocenters. The van der Waals surface area contributed by atoms with Gasteiger partial charge in [-0.3, -0.25) is 9.10 Å². The molecule has 35 heavy (non-hydrogen) atoms. The third kappa shape index (κ3) is 5.19. The van der Waals surface area contributed by atoms with Gasteiger partial charge >= 0.3 is 0 Å². The zero-order valence-corrected chi connectivity index (χ0v) is 20.7. The lowest BCUT2D eigenvalue weighted by Gasteiger charge is -2.19. The predicted octanol–water partition coefficient (Wildman–Crippen LogP) is 3.71. The smallest absolute Gasteiger partial charge is 0.264 e. The molecule has 0 saturated carbocycles. The highest BCUT2D eigenvalue weighted by molar-refractivity contribution is 7.92. The summed E-state index contributed by atoms with van der Waals surface area (Å²) >= 11 is 0. The van der Waals surface area contributed by atoms with E-state index in [9.17, 15) is 13.2 Å². The fourth-order valence-electron chi connectivity index (χ4n) is 4.03. The highest BCUT2D eigenvalue weighted by Crippen LogP contribution is 2.33. The molecule has 0 aromatic heterocycles. The molecule has 3 aromatic carbocycles. The Morgan fingerprint density at radius 1 is 1.00 bits per heavy atom. The Morgan fingerprint density at radius 3 is 2.43 bits per heavy atom. The SMILES string of the molecule is COc1ccc(C(C)NC(=O)COc2ccc(S(=O)(=O)N3CCc4ccccc43)cc2)cc1OC. The van der Waals surface area contributed by atoms with E-state index in [4.69, 9.17) is 14.2 Å². The number of hydrogen-bond donors (Lipinski definition) is 1. The molecule has 1 N–H and O–H groups in total. The Bertz CT molecular complexity index is 1310. The maximum absolute atomic E-state index is 13.1. The minimum absolute atomic E-state index is 0.174. The molecule has 3 aromatic rings. The summed E-state index contributed by atoms with van der Waals surface area (Å²) in [6.45, 7) is 2.07. The van der Waals surface area contributed by atoms with Gasteiger partial charge in [-0.25, -0.2) is 8.42 Å². The average Bonchev–Trinajstić information content (AvgIpc) is 3.32. The molecule has 9 heteroatoms. The number of amides is 1. The summed E-state index contributed by atoms with van der Waals surface area (Å²) in [6.07, 6.45) is 0.688. The maximum atomic E-state index is 13.1. The van der Waals surface area contributed by atoms with Crippen LogP contribution in [-0.2, 0) is 21.2 Å². The normalized spacial score (nSPS) is 13.6. The first kappa shape index (κ1) is 24.4. The standard InChI is InChI=1S/C26H28N2O6S/c1-18(20-8-13-24(32-2)25(16-20)33-3)27-26(29)17-34-21-9-11-22(12-10-21)35(30,31)28-15-14-19-6-4-5-7-23(19)28/h4-13,16,18H,14-15,17H2,1-3H3,(H,27,29). The molecule has 1 aliphatic heterocycles. The Labute approximate surface area is 205 Å². The van der Waals surface area contributed by atoms with Crippen molar-refractivity contribution in [1.29, 1.82) is 0 Å². The minimum atomic E-state index is -3.68. The number of methoxy groups -OCH3 is 2. The first-order valence-corrected chi connectivity index (χ1v) is 12.6. The number of para-hydroxylation sites is 1. The lowest BCUT2D eigenvalue weighted by atomic mass is 10.1. The van der Waals surface area contributed by atoms with Crippen LogP contribution in [0.5, 0.6) is 17.2 Å². The van der Waals surface area contributed by atoms with Gasteiger partial charge in [-0.1, -0.05) is 24.3 Å². The molecule has 0 aliphatic carbocycles. The largest absolute Gasteiger partial charge is 0.493 e. The summed E-state index contributed by atoms with van der Waals surface area (Å²) in [6, 6.07) is 18.8. The fourth-order valence-corrected chi connectivity index (χ4v) is 5.53. The Morgan fingerprint density at radius 2 is 1.71 bits per heavy atom. The minimum Gasteiger partial charge on any atom is -0.493 e. The molecule has 1 heterocycles. The van der Waals surface area contributed by atoms with Gasteiger partial charge in [-0.2, -0.15) is 0 Å². The summed E-state index contributed by atoms with van der Waals surface area (Å²) in [7, 11) is -0.560. The van der Waals surface area contributed by atoms with Gasteiger partial charge < -0.3 is 19.5 Å². The van der Waals surface area contributed by atoms with E-state index in [1.165, 1.54) is 16.4 Å². The van der Waals surface area contributed by atoms with E-state index in [1.807, 2.05) is 43.3 Å². The van der Waals surface area contributed by atoms with Crippen molar-refractivity contribution in [1.82, 2.24) is 5.32 Å². The van der Waals surface area contributed by atoms with E-state index in [0.717, 1.165) is 11.1 Å². The molecule has 1 unspecified atom stereocenters. The van der Waals surface area contributed by atoms with Crippen LogP contribution in [0, 0.1) is 0 Å². The quantitative estimate of drug-likeness (QED) is 0.485. The van der Waals surface area contributed by atoms with E-state index in [2.05, 4.69) is 5.32 Å². The third-order valence-electron chi connectivity index (χ3n) is 5.91. The highest BCUT2D eigenvalue weighted by atomic mass is 32.2. The van der Waals surface area contributed by atoms with Crippen LogP contribution in [0.15, 0.2) is 71.6 Å². The van der Waals surface area contributed by atoms with Crippen LogP contribution < -0.4 is 23.8 Å². The van der Waals surface area contributed by atoms with Gasteiger partial charge in [-0.05, 0) is 66.9 Å². The second kappa shape index (κ2) is 10.3. The van der Waals surface area contributed by atoms with Crippen LogP contribution in [0.25, 0.3) is 0 Å². The van der Waals surface area contributed by atoms with Crippen LogP contribution in [-0.4, -0.2) is 41.7 Å². The molecule has 1 aliphatic rings. The van der Waals surface area contributed by atoms with Crippen LogP contribution in [0.4, 0.5) is 5.69 Å². The lowest BCUT2D eigenvalue weighted by Crippen LogP contribution is -2.31. The Balaban J connectivity index is 1.35. The highest BCUT2D eigenvalue weighted by Gasteiger charge is 2.30. The number of carbonyl (C=O) groups excluding carboxylic acids is 1. The van der Waals surface area contributed by atoms with Crippen LogP contribution in [0.3, 0.4) is 0 Å². The summed E-state index contributed by atoms with van der Waals surface area (Å²) < 4.78 is 43.8. The maximum Gasteiger partial charge on any atom is 0.264 e. The Kier molecular flexibility index (Phi) is 7.16. The van der Waals surface area contributed by atoms with Gasteiger partial charge in [0, 0.05) is 6.54 Å². The number of nitrogens with zero attached hydrogens (tertiary/aromatic N) is 1. The topological polar surface area (TPSA) is 94.2 Å². The van der Waals surface area contributed by atoms with Crippen LogP contribution >= 0.6 is 0 Å². The van der Waals surface area contributed by atoms with Gasteiger partial charge in [0.15, 0.2) is 18.1 Å². The van der Waals surface area contributed by atoms with E-state index < -0.39 is 10.0 Å². The molecule has 184 valence electrons. The second-order valence-corrected chi connectivity index (χ2v) is 9.98. The number of nitrogens with one attached hydrogen (secondary N) is 1. The molecule has 0 saturated heterocycles. The number of fused-ring (bicyclic) bond motifs is 1. The molecule has 8 nitrogen and oxygen atoms in total. The summed E-state index contributed by atoms with van der Waals surface area (Å²) in [5, 5.41) is 2.87. The second-order valence-electron chi connectivity index (χ2n) is 8.12. The molecule has 0 fully saturated rings. The number of benzene rings is 3. The summed E-state index contributed by atoms with van der Waals surface area (Å²) in [4.78, 5) is 12.6. The van der Waals surface area contributed by atoms with Gasteiger partial charge in [0.05, 0.1) is 30.8 Å². The van der Waals surface area contributed by atoms with Crippen molar-refractivity contribution in [3.63, 3.8) is 0 Å². The molecule has 0 spiro atoms. The summed E-state index contributed by atoms with van der Waals surface area (Å²) in [5.41, 5.74) is 2.59. The number of sulfonamides is 1. The number of rotatable bonds is 9. The van der Waals surface area contributed by atoms with Crippen molar-refractivity contribution in [3.05, 3.63) is 77.9 Å². The zero-order chi connectivity index (χ0) is 25.0. The number of hydrogen-bond acceptors (Lipinski definition) is 6. The average molecular weight is 497 g/mol. The number of anilines is 1. The van der Waals surface area contributed by atoms with E-state index in [0.29, 0.717) is 35.9 Å². The van der Waals surface area contributed by atoms with Gasteiger partial charge in [-0.15, -0.1) is 0 Å². The molecular formula is C26H28N2O6S. The molecule has 0 bridgehead atoms. The van der Waals surface area contributed by atoms with Crippen molar-refractivity contribution in [2.75, 3.05) is 31.7 Å². The monoisotopic (exact) mass is 496 g/mol. The van der Waals surface area contributed by atoms with Crippen LogP contribution in [0.2, 0.25) is 0 Å². The van der Waals surface area contributed by atoms with Crippen molar-refractivity contribution in [2.24, 2.45) is 0 Å². The molecule has 4 rings (SSSR count). The van der Waals surface area contributed by atoms with Gasteiger partial charge in [0.25, 0.3) is 15.9 Å². The van der Waals surface area contributed by atoms with Crippen LogP contribution in [0.1, 0.15) is 24.1 Å². The van der Waals surface area contributed by atoms with Crippen molar-refractivity contribution >= 4 is 21.6 Å². The van der Waals surface area contributed by atoms with Crippen molar-refractivity contribution in [2.45, 2.75) is 24.3 Å².